The van der Waals surface area contributed by atoms with Crippen LogP contribution in [0.25, 0.3) is 0 Å². The summed E-state index contributed by atoms with van der Waals surface area (Å²) in [5.41, 5.74) is 1.65. The van der Waals surface area contributed by atoms with Crippen LogP contribution in [0.15, 0.2) is 36.5 Å². The second-order valence-electron chi connectivity index (χ2n) is 4.82. The molecule has 0 fully saturated rings. The highest BCUT2D eigenvalue weighted by atomic mass is 16.6. The van der Waals surface area contributed by atoms with Crippen molar-refractivity contribution >= 4 is 5.82 Å². The molecule has 5 heteroatoms. The molecular weight excluding hydrogens is 266 g/mol. The van der Waals surface area contributed by atoms with Gasteiger partial charge in [0.1, 0.15) is 25.1 Å². The standard InChI is InChI=1S/C16H15N3O2/c1-19(16-13(10-17)3-2-6-18-16)11-12-4-5-14-15(9-12)21-8-7-20-14/h2-6,9H,7-8,11H2,1H3. The predicted molar refractivity (Wildman–Crippen MR) is 78.5 cm³/mol. The fourth-order valence-corrected chi connectivity index (χ4v) is 2.32. The van der Waals surface area contributed by atoms with Crippen molar-refractivity contribution in [3.63, 3.8) is 0 Å². The Morgan fingerprint density at radius 3 is 2.86 bits per heavy atom. The summed E-state index contributed by atoms with van der Waals surface area (Å²) in [6.45, 7) is 1.80. The highest BCUT2D eigenvalue weighted by Gasteiger charge is 2.14. The Labute approximate surface area is 123 Å². The fraction of sp³-hybridized carbons (Fsp3) is 0.250. The summed E-state index contributed by atoms with van der Waals surface area (Å²) < 4.78 is 11.1. The van der Waals surface area contributed by atoms with Gasteiger partial charge < -0.3 is 14.4 Å². The first-order valence-corrected chi connectivity index (χ1v) is 6.72. The minimum Gasteiger partial charge on any atom is -0.486 e. The topological polar surface area (TPSA) is 58.4 Å². The molecule has 1 aromatic carbocycles. The van der Waals surface area contributed by atoms with Crippen molar-refractivity contribution in [2.75, 3.05) is 25.2 Å². The molecule has 2 heterocycles. The lowest BCUT2D eigenvalue weighted by molar-refractivity contribution is 0.171. The number of hydrogen-bond acceptors (Lipinski definition) is 5. The van der Waals surface area contributed by atoms with Crippen molar-refractivity contribution in [1.29, 1.82) is 5.26 Å². The van der Waals surface area contributed by atoms with Crippen LogP contribution >= 0.6 is 0 Å². The van der Waals surface area contributed by atoms with E-state index in [1.165, 1.54) is 0 Å². The van der Waals surface area contributed by atoms with Crippen LogP contribution in [0.1, 0.15) is 11.1 Å². The van der Waals surface area contributed by atoms with Crippen molar-refractivity contribution < 1.29 is 9.47 Å². The van der Waals surface area contributed by atoms with E-state index in [4.69, 9.17) is 14.7 Å². The van der Waals surface area contributed by atoms with Gasteiger partial charge in [-0.1, -0.05) is 6.07 Å². The summed E-state index contributed by atoms with van der Waals surface area (Å²) in [6, 6.07) is 11.6. The van der Waals surface area contributed by atoms with Gasteiger partial charge in [-0.15, -0.1) is 0 Å². The average molecular weight is 281 g/mol. The number of benzene rings is 1. The molecule has 0 amide bonds. The molecule has 1 aromatic heterocycles. The van der Waals surface area contributed by atoms with Crippen LogP contribution in [0, 0.1) is 11.3 Å². The quantitative estimate of drug-likeness (QED) is 0.864. The molecule has 0 spiro atoms. The van der Waals surface area contributed by atoms with Crippen LogP contribution in [0.4, 0.5) is 5.82 Å². The molecule has 5 nitrogen and oxygen atoms in total. The van der Waals surface area contributed by atoms with E-state index in [-0.39, 0.29) is 0 Å². The Morgan fingerprint density at radius 1 is 1.24 bits per heavy atom. The Kier molecular flexibility index (Phi) is 3.61. The molecule has 3 rings (SSSR count). The van der Waals surface area contributed by atoms with Gasteiger partial charge >= 0.3 is 0 Å². The maximum atomic E-state index is 9.14. The lowest BCUT2D eigenvalue weighted by atomic mass is 10.1. The van der Waals surface area contributed by atoms with Crippen LogP contribution in [0.2, 0.25) is 0 Å². The summed E-state index contributed by atoms with van der Waals surface area (Å²) in [5, 5.41) is 9.14. The van der Waals surface area contributed by atoms with E-state index in [0.717, 1.165) is 17.1 Å². The number of pyridine rings is 1. The lowest BCUT2D eigenvalue weighted by Gasteiger charge is -2.22. The number of fused-ring (bicyclic) bond motifs is 1. The van der Waals surface area contributed by atoms with E-state index in [9.17, 15) is 0 Å². The van der Waals surface area contributed by atoms with E-state index in [0.29, 0.717) is 31.1 Å². The van der Waals surface area contributed by atoms with Crippen molar-refractivity contribution in [1.82, 2.24) is 4.98 Å². The molecule has 0 atom stereocenters. The molecule has 0 bridgehead atoms. The number of anilines is 1. The minimum atomic E-state index is 0.567. The number of nitriles is 1. The van der Waals surface area contributed by atoms with Crippen LogP contribution in [-0.2, 0) is 6.54 Å². The summed E-state index contributed by atoms with van der Waals surface area (Å²) in [5.74, 6) is 2.23. The molecular formula is C16H15N3O2. The van der Waals surface area contributed by atoms with Gasteiger partial charge in [0, 0.05) is 19.8 Å². The van der Waals surface area contributed by atoms with Gasteiger partial charge in [-0.25, -0.2) is 4.98 Å². The van der Waals surface area contributed by atoms with E-state index in [1.807, 2.05) is 30.1 Å². The summed E-state index contributed by atoms with van der Waals surface area (Å²) in [6.07, 6.45) is 1.69. The van der Waals surface area contributed by atoms with E-state index in [1.54, 1.807) is 18.3 Å². The van der Waals surface area contributed by atoms with Gasteiger partial charge in [0.2, 0.25) is 0 Å². The van der Waals surface area contributed by atoms with Crippen molar-refractivity contribution in [3.05, 3.63) is 47.7 Å². The van der Waals surface area contributed by atoms with E-state index < -0.39 is 0 Å². The third-order valence-corrected chi connectivity index (χ3v) is 3.30. The van der Waals surface area contributed by atoms with Crippen molar-refractivity contribution in [2.24, 2.45) is 0 Å². The first kappa shape index (κ1) is 13.3. The van der Waals surface area contributed by atoms with Crippen LogP contribution in [0.5, 0.6) is 11.5 Å². The number of rotatable bonds is 3. The van der Waals surface area contributed by atoms with E-state index >= 15 is 0 Å². The molecule has 0 N–H and O–H groups in total. The van der Waals surface area contributed by atoms with Crippen LogP contribution in [0.3, 0.4) is 0 Å². The molecule has 2 aromatic rings. The van der Waals surface area contributed by atoms with Gasteiger partial charge in [0.05, 0.1) is 5.56 Å². The maximum Gasteiger partial charge on any atom is 0.161 e. The zero-order valence-corrected chi connectivity index (χ0v) is 11.7. The normalized spacial score (nSPS) is 12.6. The Hall–Kier alpha value is -2.74. The third kappa shape index (κ3) is 2.75. The fourth-order valence-electron chi connectivity index (χ4n) is 2.32. The molecule has 0 radical (unpaired) electrons. The molecule has 0 aliphatic carbocycles. The first-order chi connectivity index (χ1) is 10.3. The zero-order valence-electron chi connectivity index (χ0n) is 11.7. The average Bonchev–Trinajstić information content (AvgIpc) is 2.54. The number of hydrogen-bond donors (Lipinski definition) is 0. The molecule has 1 aliphatic rings. The predicted octanol–water partition coefficient (Wildman–Crippen LogP) is 2.36. The molecule has 21 heavy (non-hydrogen) atoms. The van der Waals surface area contributed by atoms with Gasteiger partial charge in [0.25, 0.3) is 0 Å². The molecule has 1 aliphatic heterocycles. The third-order valence-electron chi connectivity index (χ3n) is 3.30. The zero-order chi connectivity index (χ0) is 14.7. The largest absolute Gasteiger partial charge is 0.486 e. The van der Waals surface area contributed by atoms with Crippen LogP contribution in [-0.4, -0.2) is 25.2 Å². The van der Waals surface area contributed by atoms with Gasteiger partial charge in [-0.05, 0) is 29.8 Å². The Bertz CT molecular complexity index is 694. The number of nitrogens with zero attached hydrogens (tertiary/aromatic N) is 3. The molecule has 0 saturated carbocycles. The Morgan fingerprint density at radius 2 is 2.05 bits per heavy atom. The Balaban J connectivity index is 1.81. The monoisotopic (exact) mass is 281 g/mol. The van der Waals surface area contributed by atoms with Crippen molar-refractivity contribution in [2.45, 2.75) is 6.54 Å². The minimum absolute atomic E-state index is 0.567. The SMILES string of the molecule is CN(Cc1ccc2c(c1)OCCO2)c1ncccc1C#N. The summed E-state index contributed by atoms with van der Waals surface area (Å²) >= 11 is 0. The van der Waals surface area contributed by atoms with Crippen molar-refractivity contribution in [3.8, 4) is 17.6 Å². The second-order valence-corrected chi connectivity index (χ2v) is 4.82. The maximum absolute atomic E-state index is 9.14. The smallest absolute Gasteiger partial charge is 0.161 e. The van der Waals surface area contributed by atoms with Gasteiger partial charge in [-0.3, -0.25) is 0 Å². The first-order valence-electron chi connectivity index (χ1n) is 6.72. The highest BCUT2D eigenvalue weighted by molar-refractivity contribution is 5.53. The molecule has 0 unspecified atom stereocenters. The molecule has 0 saturated heterocycles. The van der Waals surface area contributed by atoms with Gasteiger partial charge in [0.15, 0.2) is 11.5 Å². The lowest BCUT2D eigenvalue weighted by Crippen LogP contribution is -2.20. The number of aromatic nitrogens is 1. The summed E-state index contributed by atoms with van der Waals surface area (Å²) in [7, 11) is 1.92. The summed E-state index contributed by atoms with van der Waals surface area (Å²) in [4.78, 5) is 6.23. The second kappa shape index (κ2) is 5.71. The van der Waals surface area contributed by atoms with Gasteiger partial charge in [-0.2, -0.15) is 5.26 Å². The van der Waals surface area contributed by atoms with Crippen LogP contribution < -0.4 is 14.4 Å². The number of ether oxygens (including phenoxy) is 2. The highest BCUT2D eigenvalue weighted by Crippen LogP contribution is 2.31. The molecule has 106 valence electrons. The van der Waals surface area contributed by atoms with E-state index in [2.05, 4.69) is 11.1 Å².